The maximum Gasteiger partial charge on any atom is 0.326 e. The largest absolute Gasteiger partial charge is 0.461 e. The average Bonchev–Trinajstić information content (AvgIpc) is 3.28. The van der Waals surface area contributed by atoms with Crippen LogP contribution in [-0.4, -0.2) is 39.2 Å². The van der Waals surface area contributed by atoms with Crippen LogP contribution in [0.1, 0.15) is 31.4 Å². The van der Waals surface area contributed by atoms with Gasteiger partial charge in [0.2, 0.25) is 0 Å². The predicted octanol–water partition coefficient (Wildman–Crippen LogP) is 5.86. The van der Waals surface area contributed by atoms with E-state index >= 15 is 0 Å². The normalized spacial score (nSPS) is 16.0. The molecule has 176 valence electrons. The number of fused-ring (bicyclic) bond motifs is 1. The molecule has 0 aliphatic carbocycles. The first-order valence-electron chi connectivity index (χ1n) is 10.7. The number of carbonyl (C=O) groups is 3. The van der Waals surface area contributed by atoms with Crippen molar-refractivity contribution in [3.8, 4) is 0 Å². The Morgan fingerprint density at radius 2 is 1.97 bits per heavy atom. The van der Waals surface area contributed by atoms with Crippen LogP contribution in [0.4, 0.5) is 9.18 Å². The number of amides is 2. The van der Waals surface area contributed by atoms with Crippen molar-refractivity contribution in [3.63, 3.8) is 0 Å². The Kier molecular flexibility index (Phi) is 7.09. The van der Waals surface area contributed by atoms with Crippen LogP contribution >= 0.6 is 23.4 Å². The number of imide groups is 1. The average molecular weight is 501 g/mol. The molecule has 1 atom stereocenters. The molecule has 34 heavy (non-hydrogen) atoms. The molecular formula is C25H22ClFN2O4S. The van der Waals surface area contributed by atoms with Gasteiger partial charge < -0.3 is 9.30 Å². The van der Waals surface area contributed by atoms with E-state index in [4.69, 9.17) is 16.3 Å². The summed E-state index contributed by atoms with van der Waals surface area (Å²) < 4.78 is 21.4. The van der Waals surface area contributed by atoms with Gasteiger partial charge in [-0.2, -0.15) is 0 Å². The lowest BCUT2D eigenvalue weighted by Crippen LogP contribution is -2.35. The lowest BCUT2D eigenvalue weighted by molar-refractivity contribution is -0.150. The maximum atomic E-state index is 14.4. The van der Waals surface area contributed by atoms with Gasteiger partial charge in [-0.1, -0.05) is 42.8 Å². The molecule has 0 spiro atoms. The summed E-state index contributed by atoms with van der Waals surface area (Å²) >= 11 is 6.98. The van der Waals surface area contributed by atoms with Crippen LogP contribution in [-0.2, 0) is 20.9 Å². The molecule has 0 N–H and O–H groups in total. The third-order valence-electron chi connectivity index (χ3n) is 5.56. The number of carbonyl (C=O) groups excluding carboxylic acids is 3. The SMILES string of the molecule is CC[C@@H](C)OC(=O)CN1C(=O)S/C(=C/c2cn(Cc3c(F)cccc3Cl)c3ccccc23)C1=O. The van der Waals surface area contributed by atoms with Crippen LogP contribution in [0.15, 0.2) is 53.6 Å². The number of ether oxygens (including phenoxy) is 1. The summed E-state index contributed by atoms with van der Waals surface area (Å²) in [6.07, 6.45) is 3.75. The monoisotopic (exact) mass is 500 g/mol. The van der Waals surface area contributed by atoms with E-state index in [0.717, 1.165) is 27.6 Å². The molecule has 1 aromatic heterocycles. The lowest BCUT2D eigenvalue weighted by Gasteiger charge is -2.14. The van der Waals surface area contributed by atoms with Gasteiger partial charge in [-0.25, -0.2) is 4.39 Å². The second-order valence-electron chi connectivity index (χ2n) is 7.91. The summed E-state index contributed by atoms with van der Waals surface area (Å²) in [5.74, 6) is -1.58. The molecule has 0 bridgehead atoms. The molecule has 9 heteroatoms. The van der Waals surface area contributed by atoms with Crippen molar-refractivity contribution in [2.24, 2.45) is 0 Å². The summed E-state index contributed by atoms with van der Waals surface area (Å²) in [5, 5.41) is 0.627. The van der Waals surface area contributed by atoms with Gasteiger partial charge in [0.1, 0.15) is 12.4 Å². The van der Waals surface area contributed by atoms with Crippen molar-refractivity contribution in [2.45, 2.75) is 32.9 Å². The van der Waals surface area contributed by atoms with E-state index in [1.807, 2.05) is 35.8 Å². The summed E-state index contributed by atoms with van der Waals surface area (Å²) in [6.45, 7) is 3.38. The Hall–Kier alpha value is -3.10. The first-order chi connectivity index (χ1) is 16.3. The van der Waals surface area contributed by atoms with Gasteiger partial charge in [-0.3, -0.25) is 19.3 Å². The Labute approximate surface area is 205 Å². The number of halogens is 2. The molecule has 0 unspecified atom stereocenters. The second kappa shape index (κ2) is 10.0. The molecule has 0 saturated carbocycles. The van der Waals surface area contributed by atoms with Crippen molar-refractivity contribution in [1.29, 1.82) is 0 Å². The van der Waals surface area contributed by atoms with Crippen molar-refractivity contribution >= 4 is 57.5 Å². The molecule has 2 heterocycles. The first-order valence-corrected chi connectivity index (χ1v) is 11.9. The summed E-state index contributed by atoms with van der Waals surface area (Å²) in [5.41, 5.74) is 1.87. The van der Waals surface area contributed by atoms with Crippen LogP contribution in [0.5, 0.6) is 0 Å². The van der Waals surface area contributed by atoms with Crippen LogP contribution in [0, 0.1) is 5.82 Å². The van der Waals surface area contributed by atoms with Crippen molar-refractivity contribution < 1.29 is 23.5 Å². The number of hydrogen-bond donors (Lipinski definition) is 0. The smallest absolute Gasteiger partial charge is 0.326 e. The molecule has 4 rings (SSSR count). The number of para-hydroxylation sites is 1. The fraction of sp³-hybridized carbons (Fsp3) is 0.240. The highest BCUT2D eigenvalue weighted by Gasteiger charge is 2.37. The van der Waals surface area contributed by atoms with Crippen LogP contribution in [0.25, 0.3) is 17.0 Å². The fourth-order valence-corrected chi connectivity index (χ4v) is 4.68. The predicted molar refractivity (Wildman–Crippen MR) is 131 cm³/mol. The number of rotatable bonds is 7. The molecule has 1 fully saturated rings. The van der Waals surface area contributed by atoms with E-state index < -0.39 is 29.5 Å². The fourth-order valence-electron chi connectivity index (χ4n) is 3.63. The number of esters is 1. The minimum Gasteiger partial charge on any atom is -0.461 e. The third kappa shape index (κ3) is 4.88. The Morgan fingerprint density at radius 3 is 2.71 bits per heavy atom. The number of thioether (sulfide) groups is 1. The minimum atomic E-state index is -0.628. The summed E-state index contributed by atoms with van der Waals surface area (Å²) in [4.78, 5) is 38.5. The standard InChI is InChI=1S/C25H22ClFN2O4S/c1-3-15(2)33-23(30)14-29-24(31)22(34-25(29)32)11-16-12-28(21-10-5-4-7-17(16)21)13-18-19(26)8-6-9-20(18)27/h4-12,15H,3,13-14H2,1-2H3/b22-11+/t15-/m1/s1. The van der Waals surface area contributed by atoms with Gasteiger partial charge in [-0.05, 0) is 49.4 Å². The highest BCUT2D eigenvalue weighted by molar-refractivity contribution is 8.18. The van der Waals surface area contributed by atoms with Crippen LogP contribution in [0.3, 0.4) is 0 Å². The molecule has 1 aliphatic heterocycles. The maximum absolute atomic E-state index is 14.4. The molecule has 1 aliphatic rings. The minimum absolute atomic E-state index is 0.197. The summed E-state index contributed by atoms with van der Waals surface area (Å²) in [6, 6.07) is 12.0. The van der Waals surface area contributed by atoms with Gasteiger partial charge >= 0.3 is 5.97 Å². The first kappa shape index (κ1) is 24.0. The zero-order valence-electron chi connectivity index (χ0n) is 18.6. The second-order valence-corrected chi connectivity index (χ2v) is 9.31. The molecule has 0 radical (unpaired) electrons. The Bertz CT molecular complexity index is 1300. The molecule has 3 aromatic rings. The number of nitrogens with zero attached hydrogens (tertiary/aromatic N) is 2. The zero-order chi connectivity index (χ0) is 24.4. The third-order valence-corrected chi connectivity index (χ3v) is 6.83. The molecule has 2 amide bonds. The molecular weight excluding hydrogens is 479 g/mol. The topological polar surface area (TPSA) is 68.6 Å². The van der Waals surface area contributed by atoms with Gasteiger partial charge in [0, 0.05) is 33.2 Å². The van der Waals surface area contributed by atoms with Crippen LogP contribution in [0.2, 0.25) is 5.02 Å². The van der Waals surface area contributed by atoms with E-state index in [1.165, 1.54) is 6.07 Å². The van der Waals surface area contributed by atoms with E-state index in [1.54, 1.807) is 31.3 Å². The number of hydrogen-bond acceptors (Lipinski definition) is 5. The number of aromatic nitrogens is 1. The highest BCUT2D eigenvalue weighted by atomic mass is 35.5. The Morgan fingerprint density at radius 1 is 1.21 bits per heavy atom. The van der Waals surface area contributed by atoms with E-state index in [2.05, 4.69) is 0 Å². The van der Waals surface area contributed by atoms with Crippen molar-refractivity contribution in [1.82, 2.24) is 9.47 Å². The van der Waals surface area contributed by atoms with Crippen molar-refractivity contribution in [3.05, 3.63) is 75.5 Å². The van der Waals surface area contributed by atoms with Gasteiger partial charge in [0.05, 0.1) is 17.6 Å². The lowest BCUT2D eigenvalue weighted by atomic mass is 10.1. The molecule has 6 nitrogen and oxygen atoms in total. The Balaban J connectivity index is 1.63. The van der Waals surface area contributed by atoms with E-state index in [9.17, 15) is 18.8 Å². The van der Waals surface area contributed by atoms with Gasteiger partial charge in [0.15, 0.2) is 0 Å². The molecule has 1 saturated heterocycles. The van der Waals surface area contributed by atoms with Gasteiger partial charge in [0.25, 0.3) is 11.1 Å². The van der Waals surface area contributed by atoms with Gasteiger partial charge in [-0.15, -0.1) is 0 Å². The van der Waals surface area contributed by atoms with E-state index in [0.29, 0.717) is 22.6 Å². The van der Waals surface area contributed by atoms with Crippen LogP contribution < -0.4 is 0 Å². The zero-order valence-corrected chi connectivity index (χ0v) is 20.2. The number of benzene rings is 2. The summed E-state index contributed by atoms with van der Waals surface area (Å²) in [7, 11) is 0. The van der Waals surface area contributed by atoms with Crippen molar-refractivity contribution in [2.75, 3.05) is 6.54 Å². The van der Waals surface area contributed by atoms with E-state index in [-0.39, 0.29) is 17.6 Å². The molecule has 2 aromatic carbocycles. The quantitative estimate of drug-likeness (QED) is 0.300. The highest BCUT2D eigenvalue weighted by Crippen LogP contribution is 2.34.